The molecule has 0 aromatic carbocycles. The summed E-state index contributed by atoms with van der Waals surface area (Å²) in [6.07, 6.45) is 18.3. The molecule has 5 N–H and O–H groups in total. The van der Waals surface area contributed by atoms with Gasteiger partial charge in [-0.2, -0.15) is 8.42 Å². The van der Waals surface area contributed by atoms with E-state index < -0.39 is 16.5 Å². The van der Waals surface area contributed by atoms with Gasteiger partial charge in [0, 0.05) is 6.04 Å². The molecule has 0 radical (unpaired) electrons. The average molecular weight is 598 g/mol. The molecule has 0 aromatic heterocycles. The van der Waals surface area contributed by atoms with E-state index in [9.17, 15) is 13.0 Å². The number of nitrogens with two attached hydrogens (primary N) is 1. The summed E-state index contributed by atoms with van der Waals surface area (Å²) in [5.41, 5.74) is 6.53. The fraction of sp³-hybridized carbons (Fsp3) is 1.00. The molecule has 0 spiro atoms. The second-order valence-electron chi connectivity index (χ2n) is 15.2. The van der Waals surface area contributed by atoms with E-state index in [0.29, 0.717) is 23.3 Å². The fourth-order valence-corrected chi connectivity index (χ4v) is 10.9. The van der Waals surface area contributed by atoms with Gasteiger partial charge in [-0.1, -0.05) is 34.1 Å². The van der Waals surface area contributed by atoms with Gasteiger partial charge in [-0.15, -0.1) is 0 Å². The van der Waals surface area contributed by atoms with Crippen molar-refractivity contribution in [3.63, 3.8) is 0 Å². The zero-order valence-electron chi connectivity index (χ0n) is 26.7. The van der Waals surface area contributed by atoms with E-state index in [4.69, 9.17) is 9.92 Å². The average Bonchev–Trinajstić information content (AvgIpc) is 3.25. The molecule has 240 valence electrons. The Balaban J connectivity index is 1.25. The van der Waals surface area contributed by atoms with Crippen molar-refractivity contribution in [3.05, 3.63) is 0 Å². The molecule has 0 bridgehead atoms. The van der Waals surface area contributed by atoms with Gasteiger partial charge in [-0.05, 0) is 162 Å². The van der Waals surface area contributed by atoms with Crippen LogP contribution in [-0.2, 0) is 14.6 Å². The van der Waals surface area contributed by atoms with Crippen LogP contribution in [0.1, 0.15) is 124 Å². The number of rotatable bonds is 16. The molecule has 4 saturated carbocycles. The van der Waals surface area contributed by atoms with Gasteiger partial charge in [-0.3, -0.25) is 4.55 Å². The third-order valence-corrected chi connectivity index (χ3v) is 13.2. The highest BCUT2D eigenvalue weighted by molar-refractivity contribution is 7.80. The van der Waals surface area contributed by atoms with Crippen molar-refractivity contribution in [2.45, 2.75) is 136 Å². The lowest BCUT2D eigenvalue weighted by molar-refractivity contribution is -0.115. The van der Waals surface area contributed by atoms with E-state index in [1.54, 1.807) is 0 Å². The number of hydrogen-bond acceptors (Lipinski definition) is 6. The number of unbranched alkanes of at least 4 members (excludes halogenated alkanes) is 1. The van der Waals surface area contributed by atoms with E-state index in [1.807, 2.05) is 13.8 Å². The first kappa shape index (κ1) is 33.6. The van der Waals surface area contributed by atoms with Gasteiger partial charge < -0.3 is 16.4 Å². The van der Waals surface area contributed by atoms with Gasteiger partial charge in [-0.25, -0.2) is 4.18 Å². The molecule has 4 unspecified atom stereocenters. The Morgan fingerprint density at radius 3 is 2.37 bits per heavy atom. The highest BCUT2D eigenvalue weighted by Gasteiger charge is 2.59. The minimum absolute atomic E-state index is 0.0640. The quantitative estimate of drug-likeness (QED) is 0.121. The minimum Gasteiger partial charge on any atom is -0.330 e. The standard InChI is InChI=1S/C33H63N3O4S/c1-24(2)31(40-41(37,38)39)10-7-9-25-12-14-29-28-13-11-26-23-27(36-22-8-21-35-20-6-5-19-34)15-17-33(26,4)30(28)16-18-32(25,29)3/h24-31,35-36H,5-23,34H2,1-4H3,(H,37,38,39)/t25?,26?,27-,28-,29?,30?,31+,32+,33-/m0/s1. The Bertz CT molecular complexity index is 916. The monoisotopic (exact) mass is 597 g/mol. The molecular weight excluding hydrogens is 534 g/mol. The lowest BCUT2D eigenvalue weighted by Crippen LogP contribution is -2.55. The normalized spacial score (nSPS) is 37.9. The molecule has 0 heterocycles. The summed E-state index contributed by atoms with van der Waals surface area (Å²) >= 11 is 0. The highest BCUT2D eigenvalue weighted by atomic mass is 32.3. The topological polar surface area (TPSA) is 114 Å². The molecule has 4 rings (SSSR count). The fourth-order valence-electron chi connectivity index (χ4n) is 10.3. The minimum atomic E-state index is -4.40. The van der Waals surface area contributed by atoms with Crippen LogP contribution in [0.5, 0.6) is 0 Å². The van der Waals surface area contributed by atoms with Gasteiger partial charge in [0.05, 0.1) is 6.10 Å². The third-order valence-electron chi connectivity index (χ3n) is 12.7. The van der Waals surface area contributed by atoms with Crippen LogP contribution in [0.2, 0.25) is 0 Å². The predicted molar refractivity (Wildman–Crippen MR) is 168 cm³/mol. The maximum absolute atomic E-state index is 11.3. The molecule has 0 aromatic rings. The zero-order chi connectivity index (χ0) is 29.7. The van der Waals surface area contributed by atoms with Crippen LogP contribution in [0, 0.1) is 46.3 Å². The first-order valence-electron chi connectivity index (χ1n) is 17.3. The maximum Gasteiger partial charge on any atom is 0.397 e. The van der Waals surface area contributed by atoms with Crippen molar-refractivity contribution < 1.29 is 17.2 Å². The number of nitrogens with one attached hydrogen (secondary N) is 2. The Morgan fingerprint density at radius 1 is 0.902 bits per heavy atom. The van der Waals surface area contributed by atoms with Crippen molar-refractivity contribution in [3.8, 4) is 0 Å². The van der Waals surface area contributed by atoms with Crippen molar-refractivity contribution in [1.82, 2.24) is 10.6 Å². The van der Waals surface area contributed by atoms with Gasteiger partial charge in [0.25, 0.3) is 0 Å². The van der Waals surface area contributed by atoms with Gasteiger partial charge >= 0.3 is 10.4 Å². The van der Waals surface area contributed by atoms with E-state index >= 15 is 0 Å². The molecule has 4 aliphatic rings. The van der Waals surface area contributed by atoms with Crippen molar-refractivity contribution in [2.24, 2.45) is 52.1 Å². The molecule has 9 atom stereocenters. The third kappa shape index (κ3) is 8.27. The number of fused-ring (bicyclic) bond motifs is 5. The summed E-state index contributed by atoms with van der Waals surface area (Å²) in [7, 11) is -4.40. The van der Waals surface area contributed by atoms with E-state index in [-0.39, 0.29) is 5.92 Å². The smallest absolute Gasteiger partial charge is 0.330 e. The van der Waals surface area contributed by atoms with Crippen LogP contribution in [-0.4, -0.2) is 51.3 Å². The van der Waals surface area contributed by atoms with E-state index in [1.165, 1.54) is 70.6 Å². The highest BCUT2D eigenvalue weighted by Crippen LogP contribution is 2.67. The lowest BCUT2D eigenvalue weighted by atomic mass is 9.44. The number of hydrogen-bond donors (Lipinski definition) is 4. The Kier molecular flexibility index (Phi) is 12.0. The zero-order valence-corrected chi connectivity index (χ0v) is 27.5. The van der Waals surface area contributed by atoms with Gasteiger partial charge in [0.1, 0.15) is 0 Å². The van der Waals surface area contributed by atoms with E-state index in [2.05, 4.69) is 24.5 Å². The van der Waals surface area contributed by atoms with Crippen LogP contribution >= 0.6 is 0 Å². The summed E-state index contributed by atoms with van der Waals surface area (Å²) < 4.78 is 36.8. The summed E-state index contributed by atoms with van der Waals surface area (Å²) in [4.78, 5) is 0. The SMILES string of the molecule is CC(C)[C@@H](CCCC1CCC2[C@@H]3CCC4C[C@@H](NCCCNCCCCN)CC[C@]4(C)C3CC[C@]12C)OS(=O)(=O)O. The first-order valence-corrected chi connectivity index (χ1v) is 18.6. The molecule has 7 nitrogen and oxygen atoms in total. The van der Waals surface area contributed by atoms with Crippen LogP contribution < -0.4 is 16.4 Å². The Hall–Kier alpha value is -0.250. The largest absolute Gasteiger partial charge is 0.397 e. The Labute approximate surface area is 252 Å². The lowest BCUT2D eigenvalue weighted by Gasteiger charge is -2.61. The molecule has 41 heavy (non-hydrogen) atoms. The van der Waals surface area contributed by atoms with Crippen LogP contribution in [0.4, 0.5) is 0 Å². The van der Waals surface area contributed by atoms with Crippen molar-refractivity contribution in [2.75, 3.05) is 26.2 Å². The maximum atomic E-state index is 11.3. The molecule has 4 fully saturated rings. The molecule has 4 aliphatic carbocycles. The van der Waals surface area contributed by atoms with Crippen LogP contribution in [0.3, 0.4) is 0 Å². The molecule has 0 amide bonds. The van der Waals surface area contributed by atoms with Gasteiger partial charge in [0.2, 0.25) is 0 Å². The molecular formula is C33H63N3O4S. The summed E-state index contributed by atoms with van der Waals surface area (Å²) in [6, 6.07) is 0.700. The molecule has 0 saturated heterocycles. The molecule has 8 heteroatoms. The summed E-state index contributed by atoms with van der Waals surface area (Å²) in [5.74, 6) is 4.31. The van der Waals surface area contributed by atoms with E-state index in [0.717, 1.165) is 75.0 Å². The van der Waals surface area contributed by atoms with Crippen LogP contribution in [0.15, 0.2) is 0 Å². The second-order valence-corrected chi connectivity index (χ2v) is 16.3. The Morgan fingerprint density at radius 2 is 1.63 bits per heavy atom. The predicted octanol–water partition coefficient (Wildman–Crippen LogP) is 6.34. The summed E-state index contributed by atoms with van der Waals surface area (Å²) in [6.45, 7) is 13.3. The first-order chi connectivity index (χ1) is 19.5. The van der Waals surface area contributed by atoms with Crippen molar-refractivity contribution >= 4 is 10.4 Å². The van der Waals surface area contributed by atoms with Crippen molar-refractivity contribution in [1.29, 1.82) is 0 Å². The second kappa shape index (κ2) is 14.7. The molecule has 0 aliphatic heterocycles. The van der Waals surface area contributed by atoms with Gasteiger partial charge in [0.15, 0.2) is 0 Å². The van der Waals surface area contributed by atoms with Crippen LogP contribution in [0.25, 0.3) is 0 Å². The summed E-state index contributed by atoms with van der Waals surface area (Å²) in [5, 5.41) is 7.49.